The van der Waals surface area contributed by atoms with Crippen molar-refractivity contribution < 1.29 is 8.83 Å². The third kappa shape index (κ3) is 3.93. The fraction of sp³-hybridized carbons (Fsp3) is 0. The number of nitrogens with zero attached hydrogens (tertiary/aromatic N) is 1. The van der Waals surface area contributed by atoms with Gasteiger partial charge in [0.25, 0.3) is 0 Å². The van der Waals surface area contributed by atoms with E-state index < -0.39 is 0 Å². The molecule has 3 aromatic heterocycles. The van der Waals surface area contributed by atoms with Crippen molar-refractivity contribution in [1.29, 1.82) is 0 Å². The molecule has 0 aliphatic carbocycles. The molecular formula is C44H27NO2. The fourth-order valence-corrected chi connectivity index (χ4v) is 7.27. The van der Waals surface area contributed by atoms with Crippen LogP contribution in [0.4, 0.5) is 0 Å². The van der Waals surface area contributed by atoms with Crippen LogP contribution in [-0.4, -0.2) is 4.57 Å². The Hall–Kier alpha value is -6.32. The van der Waals surface area contributed by atoms with Crippen molar-refractivity contribution >= 4 is 54.9 Å². The van der Waals surface area contributed by atoms with Gasteiger partial charge in [-0.2, -0.15) is 0 Å². The van der Waals surface area contributed by atoms with Crippen LogP contribution in [0, 0.1) is 0 Å². The van der Waals surface area contributed by atoms with E-state index in [0.717, 1.165) is 82.9 Å². The molecule has 10 aromatic rings. The summed E-state index contributed by atoms with van der Waals surface area (Å²) in [5.74, 6) is 0. The van der Waals surface area contributed by atoms with Crippen molar-refractivity contribution in [3.8, 4) is 39.1 Å². The van der Waals surface area contributed by atoms with Gasteiger partial charge in [0.15, 0.2) is 5.58 Å². The lowest BCUT2D eigenvalue weighted by Gasteiger charge is -2.11. The zero-order valence-electron chi connectivity index (χ0n) is 25.4. The van der Waals surface area contributed by atoms with Gasteiger partial charge in [0.1, 0.15) is 22.3 Å². The maximum absolute atomic E-state index is 6.69. The van der Waals surface area contributed by atoms with Gasteiger partial charge in [-0.3, -0.25) is 0 Å². The van der Waals surface area contributed by atoms with Gasteiger partial charge in [-0.05, 0) is 76.3 Å². The summed E-state index contributed by atoms with van der Waals surface area (Å²) in [7, 11) is 0. The molecule has 10 rings (SSSR count). The van der Waals surface area contributed by atoms with E-state index >= 15 is 0 Å². The quantitative estimate of drug-likeness (QED) is 0.201. The summed E-state index contributed by atoms with van der Waals surface area (Å²) in [5, 5.41) is 4.43. The summed E-state index contributed by atoms with van der Waals surface area (Å²) < 4.78 is 15.6. The fourth-order valence-electron chi connectivity index (χ4n) is 7.27. The minimum Gasteiger partial charge on any atom is -0.455 e. The van der Waals surface area contributed by atoms with Crippen LogP contribution in [0.15, 0.2) is 173 Å². The Balaban J connectivity index is 1.15. The minimum atomic E-state index is 0.869. The zero-order valence-corrected chi connectivity index (χ0v) is 25.4. The number of benzene rings is 7. The number of rotatable bonds is 4. The first-order valence-electron chi connectivity index (χ1n) is 15.9. The van der Waals surface area contributed by atoms with Gasteiger partial charge in [0.05, 0.1) is 5.52 Å². The maximum Gasteiger partial charge on any atom is 0.161 e. The zero-order chi connectivity index (χ0) is 30.9. The Morgan fingerprint density at radius 2 is 1.04 bits per heavy atom. The van der Waals surface area contributed by atoms with E-state index in [9.17, 15) is 0 Å². The van der Waals surface area contributed by atoms with Crippen molar-refractivity contribution in [2.45, 2.75) is 0 Å². The predicted octanol–water partition coefficient (Wildman–Crippen LogP) is 12.4. The molecule has 0 radical (unpaired) electrons. The Kier molecular flexibility index (Phi) is 5.57. The average Bonchev–Trinajstić information content (AvgIpc) is 3.80. The van der Waals surface area contributed by atoms with Gasteiger partial charge in [-0.25, -0.2) is 0 Å². The van der Waals surface area contributed by atoms with Crippen molar-refractivity contribution in [1.82, 2.24) is 4.57 Å². The summed E-state index contributed by atoms with van der Waals surface area (Å²) >= 11 is 0. The number of fused-ring (bicyclic) bond motifs is 8. The van der Waals surface area contributed by atoms with Gasteiger partial charge in [0, 0.05) is 32.8 Å². The lowest BCUT2D eigenvalue weighted by atomic mass is 9.93. The second kappa shape index (κ2) is 10.1. The molecule has 0 saturated carbocycles. The van der Waals surface area contributed by atoms with E-state index in [1.165, 1.54) is 11.1 Å². The van der Waals surface area contributed by atoms with Crippen LogP contribution >= 0.6 is 0 Å². The highest BCUT2D eigenvalue weighted by molar-refractivity contribution is 6.17. The molecule has 0 spiro atoms. The molecule has 0 N–H and O–H groups in total. The first kappa shape index (κ1) is 26.0. The molecule has 0 aliphatic rings. The second-order valence-corrected chi connectivity index (χ2v) is 12.1. The first-order chi connectivity index (χ1) is 23.3. The standard InChI is InChI=1S/C44H27NO2/c1-3-12-28(13-4-1)29-23-25-40-38(26-29)35-20-11-19-34(43(35)46-40)33-17-8-7-16-32(33)30-22-24-37-41(27-30)47-44-36-18-9-10-21-39(36)45(42(37)44)31-14-5-2-6-15-31/h1-27H. The highest BCUT2D eigenvalue weighted by atomic mass is 16.3. The molecule has 0 saturated heterocycles. The highest BCUT2D eigenvalue weighted by Gasteiger charge is 2.21. The molecule has 0 aliphatic heterocycles. The molecule has 0 unspecified atom stereocenters. The van der Waals surface area contributed by atoms with Crippen molar-refractivity contribution in [2.75, 3.05) is 0 Å². The molecule has 3 heterocycles. The molecule has 0 bridgehead atoms. The lowest BCUT2D eigenvalue weighted by Crippen LogP contribution is -1.92. The molecule has 3 nitrogen and oxygen atoms in total. The number of furan rings is 2. The largest absolute Gasteiger partial charge is 0.455 e. The van der Waals surface area contributed by atoms with Crippen molar-refractivity contribution in [3.63, 3.8) is 0 Å². The van der Waals surface area contributed by atoms with E-state index in [2.05, 4.69) is 162 Å². The molecule has 0 fully saturated rings. The maximum atomic E-state index is 6.69. The van der Waals surface area contributed by atoms with Gasteiger partial charge < -0.3 is 13.4 Å². The predicted molar refractivity (Wildman–Crippen MR) is 194 cm³/mol. The van der Waals surface area contributed by atoms with Crippen molar-refractivity contribution in [3.05, 3.63) is 164 Å². The first-order valence-corrected chi connectivity index (χ1v) is 15.9. The van der Waals surface area contributed by atoms with E-state index in [1.54, 1.807) is 0 Å². The molecule has 3 heteroatoms. The monoisotopic (exact) mass is 601 g/mol. The molecule has 0 amide bonds. The third-order valence-electron chi connectivity index (χ3n) is 9.42. The Bertz CT molecular complexity index is 2780. The van der Waals surface area contributed by atoms with Crippen LogP contribution in [-0.2, 0) is 0 Å². The Morgan fingerprint density at radius 1 is 0.362 bits per heavy atom. The van der Waals surface area contributed by atoms with Crippen molar-refractivity contribution in [2.24, 2.45) is 0 Å². The summed E-state index contributed by atoms with van der Waals surface area (Å²) in [6.45, 7) is 0. The molecular weight excluding hydrogens is 574 g/mol. The van der Waals surface area contributed by atoms with E-state index in [1.807, 2.05) is 6.07 Å². The van der Waals surface area contributed by atoms with E-state index in [0.29, 0.717) is 0 Å². The topological polar surface area (TPSA) is 31.2 Å². The smallest absolute Gasteiger partial charge is 0.161 e. The third-order valence-corrected chi connectivity index (χ3v) is 9.42. The van der Waals surface area contributed by atoms with E-state index in [4.69, 9.17) is 8.83 Å². The normalized spacial score (nSPS) is 11.8. The summed E-state index contributed by atoms with van der Waals surface area (Å²) in [4.78, 5) is 0. The lowest BCUT2D eigenvalue weighted by molar-refractivity contribution is 0.670. The molecule has 0 atom stereocenters. The van der Waals surface area contributed by atoms with Crippen LogP contribution in [0.3, 0.4) is 0 Å². The Labute approximate surface area is 270 Å². The van der Waals surface area contributed by atoms with Crippen LogP contribution in [0.1, 0.15) is 0 Å². The van der Waals surface area contributed by atoms with Gasteiger partial charge in [0.2, 0.25) is 0 Å². The Morgan fingerprint density at radius 3 is 1.91 bits per heavy atom. The van der Waals surface area contributed by atoms with Crippen LogP contribution in [0.25, 0.3) is 94.0 Å². The van der Waals surface area contributed by atoms with Gasteiger partial charge in [-0.1, -0.05) is 115 Å². The van der Waals surface area contributed by atoms with Crippen LogP contribution in [0.2, 0.25) is 0 Å². The van der Waals surface area contributed by atoms with Gasteiger partial charge in [-0.15, -0.1) is 0 Å². The number of para-hydroxylation sites is 3. The number of hydrogen-bond acceptors (Lipinski definition) is 2. The highest BCUT2D eigenvalue weighted by Crippen LogP contribution is 2.43. The molecule has 7 aromatic carbocycles. The summed E-state index contributed by atoms with van der Waals surface area (Å²) in [6, 6.07) is 57.6. The SMILES string of the molecule is c1ccc(-c2ccc3oc4c(-c5ccccc5-c5ccc6c(c5)oc5c7ccccc7n(-c7ccccc7)c65)cccc4c3c2)cc1. The number of aromatic nitrogens is 1. The van der Waals surface area contributed by atoms with Crippen LogP contribution in [0.5, 0.6) is 0 Å². The number of hydrogen-bond donors (Lipinski definition) is 0. The van der Waals surface area contributed by atoms with E-state index in [-0.39, 0.29) is 0 Å². The average molecular weight is 602 g/mol. The molecule has 220 valence electrons. The van der Waals surface area contributed by atoms with Gasteiger partial charge >= 0.3 is 0 Å². The molecule has 47 heavy (non-hydrogen) atoms. The summed E-state index contributed by atoms with van der Waals surface area (Å²) in [5.41, 5.74) is 13.7. The minimum absolute atomic E-state index is 0.869. The second-order valence-electron chi connectivity index (χ2n) is 12.1. The van der Waals surface area contributed by atoms with Crippen LogP contribution < -0.4 is 0 Å². The summed E-state index contributed by atoms with van der Waals surface area (Å²) in [6.07, 6.45) is 0.